The van der Waals surface area contributed by atoms with Gasteiger partial charge in [0.25, 0.3) is 0 Å². The summed E-state index contributed by atoms with van der Waals surface area (Å²) in [4.78, 5) is 21.2. The Morgan fingerprint density at radius 2 is 1.69 bits per heavy atom. The number of aromatic nitrogens is 1. The molecule has 36 heavy (non-hydrogen) atoms. The van der Waals surface area contributed by atoms with Crippen LogP contribution in [0.4, 0.5) is 0 Å². The van der Waals surface area contributed by atoms with Crippen LogP contribution in [0.15, 0.2) is 71.1 Å². The first-order valence-corrected chi connectivity index (χ1v) is 13.0. The van der Waals surface area contributed by atoms with Crippen LogP contribution in [0.5, 0.6) is 5.75 Å². The summed E-state index contributed by atoms with van der Waals surface area (Å²) in [5, 5.41) is 0. The number of carbonyl (C=O) groups is 1. The van der Waals surface area contributed by atoms with Crippen molar-refractivity contribution in [3.63, 3.8) is 0 Å². The zero-order valence-electron chi connectivity index (χ0n) is 21.0. The predicted octanol–water partition coefficient (Wildman–Crippen LogP) is 6.21. The number of carbonyl (C=O) groups excluding carboxylic acids is 1. The summed E-state index contributed by atoms with van der Waals surface area (Å²) >= 11 is 1.68. The molecule has 2 aromatic heterocycles. The normalized spacial score (nSPS) is 11.1. The molecule has 2 aromatic carbocycles. The van der Waals surface area contributed by atoms with Gasteiger partial charge in [0.2, 0.25) is 5.89 Å². The lowest BCUT2D eigenvalue weighted by atomic mass is 10.1. The molecule has 188 valence electrons. The zero-order chi connectivity index (χ0) is 25.3. The molecule has 0 N–H and O–H groups in total. The van der Waals surface area contributed by atoms with Gasteiger partial charge >= 0.3 is 5.97 Å². The van der Waals surface area contributed by atoms with Crippen LogP contribution in [-0.2, 0) is 29.0 Å². The van der Waals surface area contributed by atoms with Crippen molar-refractivity contribution in [2.24, 2.45) is 0 Å². The Hall–Kier alpha value is -3.42. The molecule has 0 aliphatic carbocycles. The van der Waals surface area contributed by atoms with E-state index in [0.29, 0.717) is 38.6 Å². The van der Waals surface area contributed by atoms with Crippen molar-refractivity contribution in [3.05, 3.63) is 94.2 Å². The zero-order valence-corrected chi connectivity index (χ0v) is 21.8. The Morgan fingerprint density at radius 1 is 0.972 bits per heavy atom. The molecule has 6 nitrogen and oxygen atoms in total. The van der Waals surface area contributed by atoms with Gasteiger partial charge in [-0.05, 0) is 56.2 Å². The molecule has 0 fully saturated rings. The van der Waals surface area contributed by atoms with Crippen molar-refractivity contribution in [2.45, 2.75) is 40.3 Å². The molecule has 0 radical (unpaired) electrons. The summed E-state index contributed by atoms with van der Waals surface area (Å²) in [6, 6.07) is 22.3. The number of hydrogen-bond acceptors (Lipinski definition) is 7. The minimum absolute atomic E-state index is 0.214. The van der Waals surface area contributed by atoms with Crippen molar-refractivity contribution >= 4 is 17.3 Å². The van der Waals surface area contributed by atoms with Gasteiger partial charge in [-0.2, -0.15) is 0 Å². The number of nitrogens with zero attached hydrogens (tertiary/aromatic N) is 2. The van der Waals surface area contributed by atoms with Gasteiger partial charge in [-0.3, -0.25) is 9.69 Å². The van der Waals surface area contributed by atoms with Crippen molar-refractivity contribution in [3.8, 4) is 16.5 Å². The number of esters is 1. The van der Waals surface area contributed by atoms with E-state index in [2.05, 4.69) is 35.0 Å². The fraction of sp³-hybridized carbons (Fsp3) is 0.310. The summed E-state index contributed by atoms with van der Waals surface area (Å²) in [7, 11) is 0. The van der Waals surface area contributed by atoms with Crippen molar-refractivity contribution in [1.82, 2.24) is 9.88 Å². The molecule has 0 saturated carbocycles. The fourth-order valence-electron chi connectivity index (χ4n) is 3.93. The van der Waals surface area contributed by atoms with E-state index in [9.17, 15) is 4.79 Å². The van der Waals surface area contributed by atoms with Crippen LogP contribution >= 0.6 is 11.3 Å². The lowest BCUT2D eigenvalue weighted by molar-refractivity contribution is -0.144. The number of hydrogen-bond donors (Lipinski definition) is 0. The molecule has 0 aliphatic rings. The minimum Gasteiger partial charge on any atom is -0.493 e. The van der Waals surface area contributed by atoms with Gasteiger partial charge < -0.3 is 13.9 Å². The summed E-state index contributed by atoms with van der Waals surface area (Å²) in [6.45, 7) is 8.28. The molecule has 0 amide bonds. The molecule has 7 heteroatoms. The van der Waals surface area contributed by atoms with Crippen molar-refractivity contribution < 1.29 is 18.7 Å². The Labute approximate surface area is 216 Å². The smallest absolute Gasteiger partial charge is 0.320 e. The van der Waals surface area contributed by atoms with E-state index in [-0.39, 0.29) is 12.5 Å². The van der Waals surface area contributed by atoms with Crippen LogP contribution in [0.2, 0.25) is 0 Å². The number of ether oxygens (including phenoxy) is 2. The summed E-state index contributed by atoms with van der Waals surface area (Å²) in [5.41, 5.74) is 3.18. The number of rotatable bonds is 12. The lowest BCUT2D eigenvalue weighted by Crippen LogP contribution is -2.30. The number of benzene rings is 2. The molecule has 0 spiro atoms. The van der Waals surface area contributed by atoms with E-state index in [0.717, 1.165) is 33.2 Å². The molecule has 0 aliphatic heterocycles. The largest absolute Gasteiger partial charge is 0.493 e. The monoisotopic (exact) mass is 504 g/mol. The molecule has 4 aromatic rings. The van der Waals surface area contributed by atoms with Gasteiger partial charge in [0.05, 0.1) is 30.3 Å². The van der Waals surface area contributed by atoms with Gasteiger partial charge in [0.1, 0.15) is 11.5 Å². The van der Waals surface area contributed by atoms with Gasteiger partial charge in [-0.1, -0.05) is 42.5 Å². The predicted molar refractivity (Wildman–Crippen MR) is 142 cm³/mol. The molecular formula is C29H32N2O4S. The first-order chi connectivity index (χ1) is 17.5. The van der Waals surface area contributed by atoms with Crippen LogP contribution < -0.4 is 4.74 Å². The highest BCUT2D eigenvalue weighted by Crippen LogP contribution is 2.28. The number of thiophene rings is 1. The van der Waals surface area contributed by atoms with Crippen LogP contribution in [0.3, 0.4) is 0 Å². The van der Waals surface area contributed by atoms with Crippen LogP contribution in [0, 0.1) is 13.8 Å². The Bertz CT molecular complexity index is 1250. The van der Waals surface area contributed by atoms with Crippen LogP contribution in [0.1, 0.15) is 34.4 Å². The van der Waals surface area contributed by atoms with E-state index < -0.39 is 0 Å². The molecule has 0 unspecified atom stereocenters. The van der Waals surface area contributed by atoms with E-state index in [4.69, 9.17) is 13.9 Å². The summed E-state index contributed by atoms with van der Waals surface area (Å²) < 4.78 is 17.0. The Kier molecular flexibility index (Phi) is 8.92. The molecule has 0 saturated heterocycles. The van der Waals surface area contributed by atoms with Crippen molar-refractivity contribution in [1.29, 1.82) is 0 Å². The van der Waals surface area contributed by atoms with E-state index in [1.165, 1.54) is 4.88 Å². The number of aryl methyl sites for hydroxylation is 2. The second-order valence-electron chi connectivity index (χ2n) is 8.61. The highest BCUT2D eigenvalue weighted by atomic mass is 32.1. The highest BCUT2D eigenvalue weighted by Gasteiger charge is 2.14. The maximum Gasteiger partial charge on any atom is 0.320 e. The maximum atomic E-state index is 12.1. The highest BCUT2D eigenvalue weighted by molar-refractivity contribution is 7.15. The summed E-state index contributed by atoms with van der Waals surface area (Å²) in [5.74, 6) is 2.09. The first kappa shape index (κ1) is 25.7. The molecule has 0 atom stereocenters. The average Bonchev–Trinajstić information content (AvgIpc) is 3.46. The SMILES string of the molecule is CCOC(=O)CN(Cc1ccccc1)Cc1ccc(OCCc2nc(-c3ccc(C)s3)oc2C)cc1. The Morgan fingerprint density at radius 3 is 2.36 bits per heavy atom. The third-order valence-corrected chi connectivity index (χ3v) is 6.68. The maximum absolute atomic E-state index is 12.1. The quantitative estimate of drug-likeness (QED) is 0.214. The molecule has 0 bridgehead atoms. The summed E-state index contributed by atoms with van der Waals surface area (Å²) in [6.07, 6.45) is 0.672. The van der Waals surface area contributed by atoms with E-state index >= 15 is 0 Å². The van der Waals surface area contributed by atoms with Crippen LogP contribution in [-0.4, -0.2) is 35.6 Å². The molecule has 4 rings (SSSR count). The van der Waals surface area contributed by atoms with Gasteiger partial charge in [-0.25, -0.2) is 4.98 Å². The third kappa shape index (κ3) is 7.29. The first-order valence-electron chi connectivity index (χ1n) is 12.2. The minimum atomic E-state index is -0.214. The third-order valence-electron chi connectivity index (χ3n) is 5.69. The number of oxazole rings is 1. The second-order valence-corrected chi connectivity index (χ2v) is 9.90. The average molecular weight is 505 g/mol. The fourth-order valence-corrected chi connectivity index (χ4v) is 4.72. The molecular weight excluding hydrogens is 472 g/mol. The van der Waals surface area contributed by atoms with E-state index in [1.807, 2.05) is 62.4 Å². The Balaban J connectivity index is 1.32. The van der Waals surface area contributed by atoms with Crippen LogP contribution in [0.25, 0.3) is 10.8 Å². The topological polar surface area (TPSA) is 64.8 Å². The standard InChI is InChI=1S/C29H32N2O4S/c1-4-33-28(32)20-31(18-23-8-6-5-7-9-23)19-24-11-13-25(14-12-24)34-17-16-26-22(3)35-29(30-26)27-15-10-21(2)36-27/h5-15H,4,16-20H2,1-3H3. The van der Waals surface area contributed by atoms with Crippen molar-refractivity contribution in [2.75, 3.05) is 19.8 Å². The van der Waals surface area contributed by atoms with Gasteiger partial charge in [-0.15, -0.1) is 11.3 Å². The van der Waals surface area contributed by atoms with Gasteiger partial charge in [0, 0.05) is 24.4 Å². The van der Waals surface area contributed by atoms with Gasteiger partial charge in [0.15, 0.2) is 0 Å². The molecule has 2 heterocycles. The van der Waals surface area contributed by atoms with E-state index in [1.54, 1.807) is 11.3 Å². The lowest BCUT2D eigenvalue weighted by Gasteiger charge is -2.21. The second kappa shape index (κ2) is 12.5.